The topological polar surface area (TPSA) is 92.5 Å². The number of carboxylic acid groups (broad SMARTS) is 1. The van der Waals surface area contributed by atoms with Crippen LogP contribution in [0, 0.1) is 17.6 Å². The summed E-state index contributed by atoms with van der Waals surface area (Å²) in [6.45, 7) is -1.33. The van der Waals surface area contributed by atoms with Crippen molar-refractivity contribution in [3.05, 3.63) is 87.7 Å². The fraction of sp³-hybridized carbons (Fsp3) is 0.333. The molecule has 13 heteroatoms. The zero-order valence-corrected chi connectivity index (χ0v) is 21.6. The summed E-state index contributed by atoms with van der Waals surface area (Å²) in [6.07, 6.45) is -3.80. The summed E-state index contributed by atoms with van der Waals surface area (Å²) in [5.41, 5.74) is -2.28. The van der Waals surface area contributed by atoms with E-state index in [4.69, 9.17) is 11.6 Å². The average molecular weight is 584 g/mol. The second-order valence-corrected chi connectivity index (χ2v) is 9.94. The van der Waals surface area contributed by atoms with E-state index in [1.54, 1.807) is 6.07 Å². The van der Waals surface area contributed by atoms with Crippen LogP contribution in [0.25, 0.3) is 0 Å². The van der Waals surface area contributed by atoms with Crippen molar-refractivity contribution in [2.45, 2.75) is 44.4 Å². The summed E-state index contributed by atoms with van der Waals surface area (Å²) < 4.78 is 71.4. The number of halogens is 6. The molecule has 0 bridgehead atoms. The number of carbonyl (C=O) groups is 3. The van der Waals surface area contributed by atoms with Gasteiger partial charge in [-0.05, 0) is 55.5 Å². The Morgan fingerprint density at radius 3 is 2.20 bits per heavy atom. The van der Waals surface area contributed by atoms with Gasteiger partial charge in [0, 0.05) is 18.2 Å². The molecule has 4 rings (SSSR count). The van der Waals surface area contributed by atoms with Crippen LogP contribution in [-0.4, -0.2) is 44.0 Å². The highest BCUT2D eigenvalue weighted by Crippen LogP contribution is 2.39. The SMILES string of the molecule is O=C(CN(Cc1cc(F)cc(F)c1)C(=O)c1cnn([C@H]2CC[C@H](C(=O)O)CC2)c1C(F)(F)F)c1ccccc1Cl. The maximum atomic E-state index is 14.3. The fourth-order valence-corrected chi connectivity index (χ4v) is 5.12. The molecule has 0 radical (unpaired) electrons. The monoisotopic (exact) mass is 583 g/mol. The Bertz CT molecular complexity index is 1410. The minimum Gasteiger partial charge on any atom is -0.481 e. The van der Waals surface area contributed by atoms with E-state index in [0.29, 0.717) is 10.7 Å². The number of Topliss-reactive ketones (excluding diaryl/α,β-unsaturated/α-hetero) is 1. The molecule has 212 valence electrons. The Kier molecular flexibility index (Phi) is 8.57. The Hall–Kier alpha value is -3.80. The molecule has 0 aliphatic heterocycles. The van der Waals surface area contributed by atoms with E-state index < -0.39 is 71.8 Å². The van der Waals surface area contributed by atoms with Crippen molar-refractivity contribution < 1.29 is 41.4 Å². The molecule has 1 N–H and O–H groups in total. The van der Waals surface area contributed by atoms with Crippen molar-refractivity contribution in [1.29, 1.82) is 0 Å². The lowest BCUT2D eigenvalue weighted by Crippen LogP contribution is -2.37. The lowest BCUT2D eigenvalue weighted by molar-refractivity contribution is -0.147. The van der Waals surface area contributed by atoms with Gasteiger partial charge in [0.05, 0.1) is 35.3 Å². The Morgan fingerprint density at radius 2 is 1.62 bits per heavy atom. The Balaban J connectivity index is 1.71. The zero-order valence-electron chi connectivity index (χ0n) is 20.8. The van der Waals surface area contributed by atoms with Gasteiger partial charge in [-0.25, -0.2) is 8.78 Å². The van der Waals surface area contributed by atoms with E-state index >= 15 is 0 Å². The molecule has 1 heterocycles. The number of alkyl halides is 3. The normalized spacial score (nSPS) is 17.4. The quantitative estimate of drug-likeness (QED) is 0.253. The Morgan fingerprint density at radius 1 is 1.00 bits per heavy atom. The van der Waals surface area contributed by atoms with E-state index in [1.807, 2.05) is 0 Å². The van der Waals surface area contributed by atoms with Gasteiger partial charge in [-0.1, -0.05) is 23.7 Å². The molecule has 0 spiro atoms. The summed E-state index contributed by atoms with van der Waals surface area (Å²) >= 11 is 6.08. The average Bonchev–Trinajstić information content (AvgIpc) is 3.33. The molecule has 1 fully saturated rings. The summed E-state index contributed by atoms with van der Waals surface area (Å²) in [6, 6.07) is 7.47. The van der Waals surface area contributed by atoms with Gasteiger partial charge in [0.25, 0.3) is 5.91 Å². The van der Waals surface area contributed by atoms with Crippen molar-refractivity contribution in [2.75, 3.05) is 6.54 Å². The summed E-state index contributed by atoms with van der Waals surface area (Å²) in [4.78, 5) is 38.6. The standard InChI is InChI=1S/C27H23ClF5N3O4/c28-22-4-2-1-3-20(22)23(37)14-35(13-15-9-17(29)11-18(30)10-15)25(38)21-12-34-36(24(21)27(31,32)33)19-7-5-16(6-8-19)26(39)40/h1-4,9-12,16,19H,5-8,13-14H2,(H,39,40)/t16-,19-. The zero-order chi connectivity index (χ0) is 29.2. The number of rotatable bonds is 8. The van der Waals surface area contributed by atoms with Crippen molar-refractivity contribution in [2.24, 2.45) is 5.92 Å². The summed E-state index contributed by atoms with van der Waals surface area (Å²) in [5, 5.41) is 13.1. The van der Waals surface area contributed by atoms with Crippen LogP contribution in [0.5, 0.6) is 0 Å². The van der Waals surface area contributed by atoms with Crippen LogP contribution in [0.2, 0.25) is 5.02 Å². The van der Waals surface area contributed by atoms with Crippen molar-refractivity contribution >= 4 is 29.3 Å². The first-order valence-electron chi connectivity index (χ1n) is 12.2. The van der Waals surface area contributed by atoms with Crippen LogP contribution in [-0.2, 0) is 17.5 Å². The minimum atomic E-state index is -5.03. The van der Waals surface area contributed by atoms with Crippen LogP contribution in [0.1, 0.15) is 63.7 Å². The molecule has 1 aromatic heterocycles. The number of hydrogen-bond acceptors (Lipinski definition) is 4. The number of amides is 1. The van der Waals surface area contributed by atoms with Gasteiger partial charge in [0.2, 0.25) is 0 Å². The van der Waals surface area contributed by atoms with Gasteiger partial charge in [-0.15, -0.1) is 0 Å². The van der Waals surface area contributed by atoms with Crippen LogP contribution >= 0.6 is 11.6 Å². The first-order chi connectivity index (χ1) is 18.8. The number of benzene rings is 2. The van der Waals surface area contributed by atoms with Crippen molar-refractivity contribution in [3.8, 4) is 0 Å². The number of carboxylic acids is 1. The molecule has 0 atom stereocenters. The maximum Gasteiger partial charge on any atom is 0.433 e. The van der Waals surface area contributed by atoms with E-state index in [2.05, 4.69) is 5.10 Å². The number of nitrogens with zero attached hydrogens (tertiary/aromatic N) is 3. The van der Waals surface area contributed by atoms with Gasteiger partial charge in [0.1, 0.15) is 11.6 Å². The third-order valence-electron chi connectivity index (χ3n) is 6.78. The molecule has 1 aliphatic carbocycles. The fourth-order valence-electron chi connectivity index (χ4n) is 4.88. The number of carbonyl (C=O) groups excluding carboxylic acids is 2. The van der Waals surface area contributed by atoms with E-state index in [9.17, 15) is 41.4 Å². The largest absolute Gasteiger partial charge is 0.481 e. The van der Waals surface area contributed by atoms with Crippen LogP contribution in [0.3, 0.4) is 0 Å². The van der Waals surface area contributed by atoms with E-state index in [1.165, 1.54) is 18.2 Å². The number of hydrogen-bond donors (Lipinski definition) is 1. The minimum absolute atomic E-state index is 0.00863. The smallest absolute Gasteiger partial charge is 0.433 e. The molecular weight excluding hydrogens is 561 g/mol. The van der Waals surface area contributed by atoms with Gasteiger partial charge < -0.3 is 10.0 Å². The molecule has 1 aliphatic rings. The highest BCUT2D eigenvalue weighted by atomic mass is 35.5. The predicted molar refractivity (Wildman–Crippen MR) is 133 cm³/mol. The maximum absolute atomic E-state index is 14.3. The number of ketones is 1. The second-order valence-electron chi connectivity index (χ2n) is 9.53. The molecule has 40 heavy (non-hydrogen) atoms. The first kappa shape index (κ1) is 29.2. The third-order valence-corrected chi connectivity index (χ3v) is 7.11. The summed E-state index contributed by atoms with van der Waals surface area (Å²) in [7, 11) is 0. The van der Waals surface area contributed by atoms with Crippen LogP contribution in [0.15, 0.2) is 48.7 Å². The molecule has 3 aromatic rings. The van der Waals surface area contributed by atoms with Gasteiger partial charge in [-0.3, -0.25) is 19.1 Å². The predicted octanol–water partition coefficient (Wildman–Crippen LogP) is 6.17. The molecule has 1 saturated carbocycles. The van der Waals surface area contributed by atoms with E-state index in [0.717, 1.165) is 23.2 Å². The lowest BCUT2D eigenvalue weighted by atomic mass is 9.86. The lowest BCUT2D eigenvalue weighted by Gasteiger charge is -2.28. The third kappa shape index (κ3) is 6.49. The van der Waals surface area contributed by atoms with Crippen molar-refractivity contribution in [1.82, 2.24) is 14.7 Å². The van der Waals surface area contributed by atoms with E-state index in [-0.39, 0.29) is 41.8 Å². The molecule has 0 saturated heterocycles. The van der Waals surface area contributed by atoms with Gasteiger partial charge in [-0.2, -0.15) is 18.3 Å². The van der Waals surface area contributed by atoms with Crippen LogP contribution < -0.4 is 0 Å². The van der Waals surface area contributed by atoms with Gasteiger partial charge >= 0.3 is 12.1 Å². The Labute approximate surface area is 230 Å². The number of aliphatic carboxylic acids is 1. The second kappa shape index (κ2) is 11.7. The highest BCUT2D eigenvalue weighted by molar-refractivity contribution is 6.34. The molecule has 1 amide bonds. The summed E-state index contributed by atoms with van der Waals surface area (Å²) in [5.74, 6) is -5.59. The number of aromatic nitrogens is 2. The highest BCUT2D eigenvalue weighted by Gasteiger charge is 2.43. The van der Waals surface area contributed by atoms with Crippen molar-refractivity contribution in [3.63, 3.8) is 0 Å². The molecule has 0 unspecified atom stereocenters. The first-order valence-corrected chi connectivity index (χ1v) is 12.6. The molecular formula is C27H23ClF5N3O4. The molecule has 7 nitrogen and oxygen atoms in total. The van der Waals surface area contributed by atoms with Crippen LogP contribution in [0.4, 0.5) is 22.0 Å². The molecule has 2 aromatic carbocycles. The van der Waals surface area contributed by atoms with Gasteiger partial charge in [0.15, 0.2) is 11.5 Å².